The average Bonchev–Trinajstić information content (AvgIpc) is 3.16. The molecule has 0 aromatic carbocycles. The Bertz CT molecular complexity index is 267. The highest BCUT2D eigenvalue weighted by molar-refractivity contribution is 5.67. The molecule has 1 N–H and O–H groups in total. The van der Waals surface area contributed by atoms with E-state index >= 15 is 0 Å². The van der Waals surface area contributed by atoms with Crippen LogP contribution >= 0.6 is 0 Å². The van der Waals surface area contributed by atoms with Gasteiger partial charge in [0, 0.05) is 20.3 Å². The molecule has 2 fully saturated rings. The van der Waals surface area contributed by atoms with E-state index in [1.54, 1.807) is 7.11 Å². The molecule has 6 heteroatoms. The SMILES string of the molecule is COC(=O)NC(C1CCOCC1)C1OC1OC. The summed E-state index contributed by atoms with van der Waals surface area (Å²) in [6.45, 7) is 1.46. The highest BCUT2D eigenvalue weighted by Gasteiger charge is 2.49. The summed E-state index contributed by atoms with van der Waals surface area (Å²) in [5, 5.41) is 2.84. The predicted octanol–water partition coefficient (Wildman–Crippen LogP) is 0.509. The van der Waals surface area contributed by atoms with Crippen LogP contribution in [0.1, 0.15) is 12.8 Å². The third kappa shape index (κ3) is 3.08. The van der Waals surface area contributed by atoms with E-state index in [1.807, 2.05) is 0 Å². The minimum atomic E-state index is -0.424. The summed E-state index contributed by atoms with van der Waals surface area (Å²) in [6, 6.07) is -0.0590. The summed E-state index contributed by atoms with van der Waals surface area (Å²) >= 11 is 0. The summed E-state index contributed by atoms with van der Waals surface area (Å²) in [4.78, 5) is 11.3. The van der Waals surface area contributed by atoms with Crippen LogP contribution in [-0.4, -0.2) is 52.0 Å². The van der Waals surface area contributed by atoms with Gasteiger partial charge in [-0.1, -0.05) is 0 Å². The van der Waals surface area contributed by atoms with Crippen molar-refractivity contribution in [1.29, 1.82) is 0 Å². The molecule has 0 spiro atoms. The molecule has 0 aliphatic carbocycles. The molecule has 98 valence electrons. The minimum absolute atomic E-state index is 0.0590. The number of hydrogen-bond donors (Lipinski definition) is 1. The molecule has 3 unspecified atom stereocenters. The molecule has 2 aliphatic rings. The van der Waals surface area contributed by atoms with Gasteiger partial charge in [-0.25, -0.2) is 4.79 Å². The van der Waals surface area contributed by atoms with Gasteiger partial charge in [-0.2, -0.15) is 0 Å². The first-order valence-electron chi connectivity index (χ1n) is 5.86. The lowest BCUT2D eigenvalue weighted by Crippen LogP contribution is -2.46. The van der Waals surface area contributed by atoms with Crippen molar-refractivity contribution < 1.29 is 23.7 Å². The Balaban J connectivity index is 1.94. The lowest BCUT2D eigenvalue weighted by molar-refractivity contribution is 0.0486. The number of amides is 1. The van der Waals surface area contributed by atoms with Crippen LogP contribution in [0.25, 0.3) is 0 Å². The second-order valence-electron chi connectivity index (χ2n) is 4.32. The molecular formula is C11H19NO5. The largest absolute Gasteiger partial charge is 0.453 e. The third-order valence-electron chi connectivity index (χ3n) is 3.31. The Hall–Kier alpha value is -0.850. The molecule has 17 heavy (non-hydrogen) atoms. The van der Waals surface area contributed by atoms with E-state index in [0.29, 0.717) is 5.92 Å². The van der Waals surface area contributed by atoms with Crippen molar-refractivity contribution in [2.45, 2.75) is 31.3 Å². The number of methoxy groups -OCH3 is 2. The Morgan fingerprint density at radius 1 is 1.35 bits per heavy atom. The van der Waals surface area contributed by atoms with Gasteiger partial charge < -0.3 is 24.3 Å². The Labute approximate surface area is 101 Å². The maximum Gasteiger partial charge on any atom is 0.407 e. The lowest BCUT2D eigenvalue weighted by atomic mass is 9.89. The van der Waals surface area contributed by atoms with E-state index < -0.39 is 6.09 Å². The van der Waals surface area contributed by atoms with Gasteiger partial charge in [0.25, 0.3) is 0 Å². The maximum absolute atomic E-state index is 11.3. The van der Waals surface area contributed by atoms with Gasteiger partial charge in [0.2, 0.25) is 0 Å². The van der Waals surface area contributed by atoms with E-state index in [0.717, 1.165) is 26.1 Å². The molecule has 0 saturated carbocycles. The minimum Gasteiger partial charge on any atom is -0.453 e. The van der Waals surface area contributed by atoms with E-state index in [4.69, 9.17) is 14.2 Å². The number of rotatable bonds is 4. The molecule has 0 aromatic rings. The van der Waals surface area contributed by atoms with Crippen molar-refractivity contribution in [2.24, 2.45) is 5.92 Å². The number of alkyl carbamates (subject to hydrolysis) is 1. The van der Waals surface area contributed by atoms with Gasteiger partial charge in [-0.3, -0.25) is 0 Å². The zero-order valence-electron chi connectivity index (χ0n) is 10.2. The molecule has 2 aliphatic heterocycles. The van der Waals surface area contributed by atoms with Gasteiger partial charge in [0.1, 0.15) is 6.10 Å². The zero-order valence-corrected chi connectivity index (χ0v) is 10.2. The fraction of sp³-hybridized carbons (Fsp3) is 0.909. The van der Waals surface area contributed by atoms with Crippen molar-refractivity contribution in [3.8, 4) is 0 Å². The summed E-state index contributed by atoms with van der Waals surface area (Å²) in [5.41, 5.74) is 0. The molecule has 6 nitrogen and oxygen atoms in total. The van der Waals surface area contributed by atoms with Crippen LogP contribution in [0.3, 0.4) is 0 Å². The van der Waals surface area contributed by atoms with Crippen molar-refractivity contribution in [3.05, 3.63) is 0 Å². The summed E-state index contributed by atoms with van der Waals surface area (Å²) in [6.07, 6.45) is 1.14. The zero-order chi connectivity index (χ0) is 12.3. The second kappa shape index (κ2) is 5.66. The normalized spacial score (nSPS) is 30.7. The highest BCUT2D eigenvalue weighted by Crippen LogP contribution is 2.33. The van der Waals surface area contributed by atoms with E-state index in [-0.39, 0.29) is 18.4 Å². The molecular weight excluding hydrogens is 226 g/mol. The van der Waals surface area contributed by atoms with Crippen molar-refractivity contribution in [1.82, 2.24) is 5.32 Å². The quantitative estimate of drug-likeness (QED) is 0.731. The standard InChI is InChI=1S/C11H19NO5/c1-14-10-9(17-10)8(12-11(13)15-2)7-3-5-16-6-4-7/h7-10H,3-6H2,1-2H3,(H,12,13). The van der Waals surface area contributed by atoms with Crippen LogP contribution in [0.15, 0.2) is 0 Å². The average molecular weight is 245 g/mol. The monoisotopic (exact) mass is 245 g/mol. The van der Waals surface area contributed by atoms with Gasteiger partial charge >= 0.3 is 6.09 Å². The summed E-state index contributed by atoms with van der Waals surface area (Å²) in [7, 11) is 2.96. The third-order valence-corrected chi connectivity index (χ3v) is 3.31. The lowest BCUT2D eigenvalue weighted by Gasteiger charge is -2.29. The first kappa shape index (κ1) is 12.6. The topological polar surface area (TPSA) is 69.3 Å². The maximum atomic E-state index is 11.3. The van der Waals surface area contributed by atoms with Crippen LogP contribution in [0.2, 0.25) is 0 Å². The van der Waals surface area contributed by atoms with E-state index in [2.05, 4.69) is 10.1 Å². The van der Waals surface area contributed by atoms with Gasteiger partial charge in [-0.15, -0.1) is 0 Å². The predicted molar refractivity (Wildman–Crippen MR) is 58.5 cm³/mol. The first-order chi connectivity index (χ1) is 8.26. The van der Waals surface area contributed by atoms with Crippen LogP contribution in [0, 0.1) is 5.92 Å². The van der Waals surface area contributed by atoms with Crippen LogP contribution in [0.4, 0.5) is 4.79 Å². The molecule has 0 radical (unpaired) electrons. The van der Waals surface area contributed by atoms with Crippen LogP contribution in [0.5, 0.6) is 0 Å². The Morgan fingerprint density at radius 3 is 2.59 bits per heavy atom. The molecule has 2 rings (SSSR count). The molecule has 2 saturated heterocycles. The van der Waals surface area contributed by atoms with Crippen LogP contribution in [-0.2, 0) is 18.9 Å². The smallest absolute Gasteiger partial charge is 0.407 e. The number of ether oxygens (including phenoxy) is 4. The fourth-order valence-corrected chi connectivity index (χ4v) is 2.29. The number of carbonyl (C=O) groups excluding carboxylic acids is 1. The Kier molecular flexibility index (Phi) is 4.20. The summed E-state index contributed by atoms with van der Waals surface area (Å²) in [5.74, 6) is 0.355. The summed E-state index contributed by atoms with van der Waals surface area (Å²) < 4.78 is 20.5. The van der Waals surface area contributed by atoms with Crippen molar-refractivity contribution in [2.75, 3.05) is 27.4 Å². The molecule has 0 bridgehead atoms. The highest BCUT2D eigenvalue weighted by atomic mass is 16.8. The molecule has 2 heterocycles. The number of epoxide rings is 1. The van der Waals surface area contributed by atoms with Gasteiger partial charge in [-0.05, 0) is 18.8 Å². The van der Waals surface area contributed by atoms with Crippen LogP contribution < -0.4 is 5.32 Å². The van der Waals surface area contributed by atoms with E-state index in [9.17, 15) is 4.79 Å². The molecule has 1 amide bonds. The first-order valence-corrected chi connectivity index (χ1v) is 5.86. The fourth-order valence-electron chi connectivity index (χ4n) is 2.29. The Morgan fingerprint density at radius 2 is 2.06 bits per heavy atom. The molecule has 0 aromatic heterocycles. The van der Waals surface area contributed by atoms with Gasteiger partial charge in [0.15, 0.2) is 6.29 Å². The molecule has 3 atom stereocenters. The second-order valence-corrected chi connectivity index (χ2v) is 4.32. The van der Waals surface area contributed by atoms with Crippen molar-refractivity contribution in [3.63, 3.8) is 0 Å². The van der Waals surface area contributed by atoms with E-state index in [1.165, 1.54) is 7.11 Å². The van der Waals surface area contributed by atoms with Gasteiger partial charge in [0.05, 0.1) is 13.2 Å². The number of hydrogen-bond acceptors (Lipinski definition) is 5. The van der Waals surface area contributed by atoms with Crippen molar-refractivity contribution >= 4 is 6.09 Å². The number of nitrogens with one attached hydrogen (secondary N) is 1. The number of carbonyl (C=O) groups is 1.